The number of thiocarbonyl (C=S) groups is 1. The van der Waals surface area contributed by atoms with Crippen molar-refractivity contribution >= 4 is 56.2 Å². The molecule has 0 radical (unpaired) electrons. The van der Waals surface area contributed by atoms with Crippen LogP contribution >= 0.6 is 39.5 Å². The average Bonchev–Trinajstić information content (AvgIpc) is 3.31. The van der Waals surface area contributed by atoms with Crippen molar-refractivity contribution in [3.05, 3.63) is 81.0 Å². The molecule has 0 saturated carbocycles. The van der Waals surface area contributed by atoms with Gasteiger partial charge in [0.1, 0.15) is 5.82 Å². The van der Waals surface area contributed by atoms with E-state index in [-0.39, 0.29) is 30.1 Å². The number of thiophene rings is 1. The minimum atomic E-state index is -0.458. The van der Waals surface area contributed by atoms with Crippen molar-refractivity contribution in [2.24, 2.45) is 0 Å². The van der Waals surface area contributed by atoms with E-state index in [2.05, 4.69) is 37.6 Å². The van der Waals surface area contributed by atoms with Crippen LogP contribution in [0.4, 0.5) is 10.1 Å². The first-order valence-electron chi connectivity index (χ1n) is 9.29. The van der Waals surface area contributed by atoms with E-state index in [9.17, 15) is 9.18 Å². The zero-order chi connectivity index (χ0) is 21.1. The van der Waals surface area contributed by atoms with Crippen molar-refractivity contribution in [2.75, 3.05) is 11.9 Å². The van der Waals surface area contributed by atoms with Crippen molar-refractivity contribution in [3.8, 4) is 0 Å². The lowest BCUT2D eigenvalue weighted by Gasteiger charge is -2.26. The van der Waals surface area contributed by atoms with Crippen LogP contribution in [0.15, 0.2) is 64.6 Å². The summed E-state index contributed by atoms with van der Waals surface area (Å²) in [5.41, 5.74) is 1.06. The second kappa shape index (κ2) is 9.20. The van der Waals surface area contributed by atoms with Gasteiger partial charge in [-0.15, -0.1) is 11.3 Å². The summed E-state index contributed by atoms with van der Waals surface area (Å²) in [6.45, 7) is 0.398. The Kier molecular flexibility index (Phi) is 6.40. The summed E-state index contributed by atoms with van der Waals surface area (Å²) in [5.74, 6) is -0.726. The zero-order valence-electron chi connectivity index (χ0n) is 15.7. The second-order valence-electron chi connectivity index (χ2n) is 6.77. The molecule has 3 heterocycles. The van der Waals surface area contributed by atoms with Gasteiger partial charge in [0.25, 0.3) is 0 Å². The zero-order valence-corrected chi connectivity index (χ0v) is 18.9. The lowest BCUT2D eigenvalue weighted by atomic mass is 10.0. The highest BCUT2D eigenvalue weighted by atomic mass is 79.9. The summed E-state index contributed by atoms with van der Waals surface area (Å²) in [6.07, 6.45) is 1.93. The third-order valence-corrected chi connectivity index (χ3v) is 6.92. The average molecular weight is 505 g/mol. The van der Waals surface area contributed by atoms with Crippen molar-refractivity contribution in [3.63, 3.8) is 0 Å². The third kappa shape index (κ3) is 4.53. The molecule has 1 fully saturated rings. The van der Waals surface area contributed by atoms with Gasteiger partial charge in [0.2, 0.25) is 5.91 Å². The standard InChI is InChI=1S/C21H18BrFN4OS2/c22-13-11-17(30-12-13)20-19(16-7-3-4-9-24-16)26-21(29)27(20)10-8-18(28)25-15-6-2-1-5-14(15)23/h1-7,9,11-12,19-20H,8,10H2,(H,25,28)(H,26,29). The topological polar surface area (TPSA) is 57.3 Å². The third-order valence-electron chi connectivity index (χ3n) is 4.80. The smallest absolute Gasteiger partial charge is 0.226 e. The van der Waals surface area contributed by atoms with Crippen LogP contribution in [-0.4, -0.2) is 27.4 Å². The number of hydrogen-bond donors (Lipinski definition) is 2. The molecule has 2 atom stereocenters. The number of aromatic nitrogens is 1. The fraction of sp³-hybridized carbons (Fsp3) is 0.190. The van der Waals surface area contributed by atoms with Crippen LogP contribution in [0.5, 0.6) is 0 Å². The molecule has 1 amide bonds. The first kappa shape index (κ1) is 20.9. The summed E-state index contributed by atoms with van der Waals surface area (Å²) in [4.78, 5) is 20.1. The Balaban J connectivity index is 1.52. The number of nitrogens with zero attached hydrogens (tertiary/aromatic N) is 2. The molecule has 0 spiro atoms. The van der Waals surface area contributed by atoms with E-state index in [1.54, 1.807) is 35.7 Å². The molecule has 2 N–H and O–H groups in total. The molecule has 0 bridgehead atoms. The normalized spacial score (nSPS) is 18.3. The number of para-hydroxylation sites is 1. The molecular weight excluding hydrogens is 487 g/mol. The predicted octanol–water partition coefficient (Wildman–Crippen LogP) is 5.05. The number of carbonyl (C=O) groups excluding carboxylic acids is 1. The maximum Gasteiger partial charge on any atom is 0.226 e. The Labute approximate surface area is 191 Å². The number of halogens is 2. The number of amides is 1. The van der Waals surface area contributed by atoms with Crippen molar-refractivity contribution in [2.45, 2.75) is 18.5 Å². The van der Waals surface area contributed by atoms with Crippen LogP contribution in [0.3, 0.4) is 0 Å². The van der Waals surface area contributed by atoms with E-state index in [0.29, 0.717) is 11.7 Å². The Morgan fingerprint density at radius 2 is 2.10 bits per heavy atom. The molecule has 2 unspecified atom stereocenters. The summed E-state index contributed by atoms with van der Waals surface area (Å²) in [6, 6.07) is 13.7. The van der Waals surface area contributed by atoms with Gasteiger partial charge in [0.05, 0.1) is 23.5 Å². The van der Waals surface area contributed by atoms with Crippen molar-refractivity contribution in [1.29, 1.82) is 0 Å². The first-order chi connectivity index (χ1) is 14.5. The molecule has 2 aromatic heterocycles. The highest BCUT2D eigenvalue weighted by Crippen LogP contribution is 2.41. The Hall–Kier alpha value is -2.36. The van der Waals surface area contributed by atoms with E-state index < -0.39 is 5.82 Å². The number of benzene rings is 1. The summed E-state index contributed by atoms with van der Waals surface area (Å²) < 4.78 is 14.8. The van der Waals surface area contributed by atoms with Gasteiger partial charge < -0.3 is 15.5 Å². The number of hydrogen-bond acceptors (Lipinski definition) is 4. The maximum absolute atomic E-state index is 13.8. The van der Waals surface area contributed by atoms with Gasteiger partial charge in [-0.2, -0.15) is 0 Å². The lowest BCUT2D eigenvalue weighted by molar-refractivity contribution is -0.116. The second-order valence-corrected chi connectivity index (χ2v) is 9.01. The fourth-order valence-electron chi connectivity index (χ4n) is 3.44. The van der Waals surface area contributed by atoms with Crippen LogP contribution in [0.25, 0.3) is 0 Å². The highest BCUT2D eigenvalue weighted by Gasteiger charge is 2.40. The number of carbonyl (C=O) groups is 1. The largest absolute Gasteiger partial charge is 0.352 e. The Bertz CT molecular complexity index is 1060. The van der Waals surface area contributed by atoms with Crippen molar-refractivity contribution < 1.29 is 9.18 Å². The Morgan fingerprint density at radius 3 is 2.80 bits per heavy atom. The molecule has 3 aromatic rings. The molecule has 1 aromatic carbocycles. The van der Waals surface area contributed by atoms with Gasteiger partial charge in [-0.05, 0) is 58.5 Å². The minimum absolute atomic E-state index is 0.0926. The van der Waals surface area contributed by atoms with Crippen LogP contribution in [0.1, 0.15) is 29.1 Å². The quantitative estimate of drug-likeness (QED) is 0.460. The van der Waals surface area contributed by atoms with Crippen LogP contribution in [0, 0.1) is 5.82 Å². The molecule has 1 aliphatic heterocycles. The molecule has 1 aliphatic rings. The molecule has 1 saturated heterocycles. The van der Waals surface area contributed by atoms with Gasteiger partial charge in [-0.1, -0.05) is 18.2 Å². The predicted molar refractivity (Wildman–Crippen MR) is 124 cm³/mol. The van der Waals surface area contributed by atoms with Gasteiger partial charge in [0.15, 0.2) is 5.11 Å². The molecular formula is C21H18BrFN4OS2. The van der Waals surface area contributed by atoms with Gasteiger partial charge >= 0.3 is 0 Å². The van der Waals surface area contributed by atoms with E-state index in [4.69, 9.17) is 12.2 Å². The molecule has 5 nitrogen and oxygen atoms in total. The highest BCUT2D eigenvalue weighted by molar-refractivity contribution is 9.10. The van der Waals surface area contributed by atoms with Gasteiger partial charge in [0, 0.05) is 33.9 Å². The summed E-state index contributed by atoms with van der Waals surface area (Å²) in [5, 5.41) is 8.58. The molecule has 30 heavy (non-hydrogen) atoms. The molecule has 4 rings (SSSR count). The minimum Gasteiger partial charge on any atom is -0.352 e. The van der Waals surface area contributed by atoms with Gasteiger partial charge in [-0.25, -0.2) is 4.39 Å². The van der Waals surface area contributed by atoms with Crippen LogP contribution < -0.4 is 10.6 Å². The molecule has 154 valence electrons. The van der Waals surface area contributed by atoms with E-state index in [1.165, 1.54) is 6.07 Å². The fourth-order valence-corrected chi connectivity index (χ4v) is 5.36. The van der Waals surface area contributed by atoms with Gasteiger partial charge in [-0.3, -0.25) is 9.78 Å². The monoisotopic (exact) mass is 504 g/mol. The van der Waals surface area contributed by atoms with Crippen molar-refractivity contribution in [1.82, 2.24) is 15.2 Å². The van der Waals surface area contributed by atoms with E-state index in [1.807, 2.05) is 28.5 Å². The molecule has 0 aliphatic carbocycles. The summed E-state index contributed by atoms with van der Waals surface area (Å²) >= 11 is 10.7. The van der Waals surface area contributed by atoms with E-state index >= 15 is 0 Å². The van der Waals surface area contributed by atoms with E-state index in [0.717, 1.165) is 15.0 Å². The van der Waals surface area contributed by atoms with Crippen LogP contribution in [-0.2, 0) is 4.79 Å². The number of anilines is 1. The Morgan fingerprint density at radius 1 is 1.30 bits per heavy atom. The lowest BCUT2D eigenvalue weighted by Crippen LogP contribution is -2.32. The maximum atomic E-state index is 13.8. The SMILES string of the molecule is O=C(CCN1C(=S)NC(c2ccccn2)C1c1cc(Br)cs1)Nc1ccccc1F. The summed E-state index contributed by atoms with van der Waals surface area (Å²) in [7, 11) is 0. The molecule has 9 heteroatoms. The number of rotatable bonds is 6. The first-order valence-corrected chi connectivity index (χ1v) is 11.4. The van der Waals surface area contributed by atoms with Crippen LogP contribution in [0.2, 0.25) is 0 Å². The number of pyridine rings is 1. The number of nitrogens with one attached hydrogen (secondary N) is 2.